The van der Waals surface area contributed by atoms with E-state index in [-0.39, 0.29) is 21.8 Å². The van der Waals surface area contributed by atoms with E-state index >= 15 is 0 Å². The van der Waals surface area contributed by atoms with E-state index in [1.165, 1.54) is 18.2 Å². The van der Waals surface area contributed by atoms with E-state index in [0.717, 1.165) is 7.11 Å². The molecule has 1 aromatic rings. The molecule has 0 radical (unpaired) electrons. The zero-order chi connectivity index (χ0) is 13.9. The second kappa shape index (κ2) is 5.61. The topological polar surface area (TPSA) is 89.7 Å². The first-order valence-electron chi connectivity index (χ1n) is 4.78. The average molecular weight is 272 g/mol. The Balaban J connectivity index is 3.18. The number of nitro benzene ring substituents is 1. The van der Waals surface area contributed by atoms with Gasteiger partial charge in [0.15, 0.2) is 0 Å². The van der Waals surface area contributed by atoms with Crippen molar-refractivity contribution >= 4 is 23.3 Å². The molecular formula is C11H10ClNO5. The van der Waals surface area contributed by atoms with Crippen LogP contribution >= 0.6 is 11.6 Å². The standard InChI is InChI=1S/C11H10ClNO5/c1-6(11(15)18-2)10(14)7-4-3-5-8(9(7)12)13(16)17/h3-5,10,14H,1H2,2H3/t10-/m0/s1. The van der Waals surface area contributed by atoms with Crippen LogP contribution < -0.4 is 0 Å². The van der Waals surface area contributed by atoms with Crippen molar-refractivity contribution in [1.82, 2.24) is 0 Å². The number of hydrogen-bond donors (Lipinski definition) is 1. The van der Waals surface area contributed by atoms with Crippen molar-refractivity contribution in [3.8, 4) is 0 Å². The molecule has 0 heterocycles. The van der Waals surface area contributed by atoms with Gasteiger partial charge in [-0.1, -0.05) is 30.3 Å². The summed E-state index contributed by atoms with van der Waals surface area (Å²) in [6.07, 6.45) is -1.45. The smallest absolute Gasteiger partial charge is 0.336 e. The quantitative estimate of drug-likeness (QED) is 0.391. The molecule has 0 aromatic heterocycles. The molecule has 1 atom stereocenters. The molecule has 0 amide bonds. The largest absolute Gasteiger partial charge is 0.466 e. The lowest BCUT2D eigenvalue weighted by Crippen LogP contribution is -2.12. The van der Waals surface area contributed by atoms with E-state index in [1.807, 2.05) is 0 Å². The Kier molecular flexibility index (Phi) is 4.41. The number of benzene rings is 1. The Hall–Kier alpha value is -1.92. The van der Waals surface area contributed by atoms with Crippen molar-refractivity contribution in [2.75, 3.05) is 7.11 Å². The molecule has 1 rings (SSSR count). The first-order chi connectivity index (χ1) is 8.40. The maximum atomic E-state index is 11.2. The molecule has 0 spiro atoms. The number of methoxy groups -OCH3 is 1. The highest BCUT2D eigenvalue weighted by atomic mass is 35.5. The highest BCUT2D eigenvalue weighted by Crippen LogP contribution is 2.34. The van der Waals surface area contributed by atoms with Crippen LogP contribution in [0.2, 0.25) is 5.02 Å². The van der Waals surface area contributed by atoms with E-state index in [1.54, 1.807) is 0 Å². The highest BCUT2D eigenvalue weighted by molar-refractivity contribution is 6.33. The monoisotopic (exact) mass is 271 g/mol. The van der Waals surface area contributed by atoms with Crippen molar-refractivity contribution in [2.24, 2.45) is 0 Å². The Morgan fingerprint density at radius 1 is 1.61 bits per heavy atom. The third-order valence-corrected chi connectivity index (χ3v) is 2.69. The number of aliphatic hydroxyl groups is 1. The first kappa shape index (κ1) is 14.1. The second-order valence-corrected chi connectivity index (χ2v) is 3.73. The molecule has 0 fully saturated rings. The van der Waals surface area contributed by atoms with E-state index in [9.17, 15) is 20.0 Å². The highest BCUT2D eigenvalue weighted by Gasteiger charge is 2.25. The Labute approximate surface area is 108 Å². The van der Waals surface area contributed by atoms with Gasteiger partial charge < -0.3 is 9.84 Å². The predicted molar refractivity (Wildman–Crippen MR) is 64.2 cm³/mol. The maximum absolute atomic E-state index is 11.2. The third-order valence-electron chi connectivity index (χ3n) is 2.28. The molecule has 1 N–H and O–H groups in total. The van der Waals surface area contributed by atoms with Crippen LogP contribution in [0, 0.1) is 10.1 Å². The van der Waals surface area contributed by atoms with Gasteiger partial charge in [-0.05, 0) is 0 Å². The molecule has 0 aliphatic carbocycles. The minimum atomic E-state index is -1.45. The zero-order valence-corrected chi connectivity index (χ0v) is 10.2. The minimum Gasteiger partial charge on any atom is -0.466 e. The maximum Gasteiger partial charge on any atom is 0.336 e. The molecule has 0 aliphatic rings. The van der Waals surface area contributed by atoms with Gasteiger partial charge in [0.2, 0.25) is 0 Å². The van der Waals surface area contributed by atoms with Crippen LogP contribution in [-0.4, -0.2) is 23.1 Å². The van der Waals surface area contributed by atoms with Crippen LogP contribution in [0.4, 0.5) is 5.69 Å². The minimum absolute atomic E-state index is 0.0290. The fourth-order valence-electron chi connectivity index (χ4n) is 1.32. The van der Waals surface area contributed by atoms with Crippen molar-refractivity contribution in [3.05, 3.63) is 51.1 Å². The van der Waals surface area contributed by atoms with E-state index < -0.39 is 17.0 Å². The van der Waals surface area contributed by atoms with E-state index in [4.69, 9.17) is 11.6 Å². The fraction of sp³-hybridized carbons (Fsp3) is 0.182. The van der Waals surface area contributed by atoms with Gasteiger partial charge >= 0.3 is 5.97 Å². The summed E-state index contributed by atoms with van der Waals surface area (Å²) in [5.41, 5.74) is -0.577. The summed E-state index contributed by atoms with van der Waals surface area (Å²) in [6, 6.07) is 3.92. The van der Waals surface area contributed by atoms with Gasteiger partial charge in [-0.2, -0.15) is 0 Å². The van der Waals surface area contributed by atoms with Crippen LogP contribution in [0.1, 0.15) is 11.7 Å². The van der Waals surface area contributed by atoms with Crippen molar-refractivity contribution < 1.29 is 19.6 Å². The molecule has 6 nitrogen and oxygen atoms in total. The molecule has 0 bridgehead atoms. The number of carbonyl (C=O) groups excluding carboxylic acids is 1. The molecule has 7 heteroatoms. The molecule has 18 heavy (non-hydrogen) atoms. The third kappa shape index (κ3) is 2.66. The number of ether oxygens (including phenoxy) is 1. The van der Waals surface area contributed by atoms with Gasteiger partial charge in [0.25, 0.3) is 5.69 Å². The van der Waals surface area contributed by atoms with Crippen molar-refractivity contribution in [2.45, 2.75) is 6.10 Å². The van der Waals surface area contributed by atoms with E-state index in [0.29, 0.717) is 0 Å². The van der Waals surface area contributed by atoms with Crippen LogP contribution in [0.5, 0.6) is 0 Å². The van der Waals surface area contributed by atoms with Crippen LogP contribution in [0.25, 0.3) is 0 Å². The second-order valence-electron chi connectivity index (χ2n) is 3.36. The van der Waals surface area contributed by atoms with Crippen LogP contribution in [0.3, 0.4) is 0 Å². The number of nitrogens with zero attached hydrogens (tertiary/aromatic N) is 1. The zero-order valence-electron chi connectivity index (χ0n) is 9.42. The van der Waals surface area contributed by atoms with Gasteiger partial charge in [0.1, 0.15) is 11.1 Å². The number of rotatable bonds is 4. The molecule has 1 aromatic carbocycles. The molecule has 0 unspecified atom stereocenters. The Morgan fingerprint density at radius 3 is 2.72 bits per heavy atom. The lowest BCUT2D eigenvalue weighted by Gasteiger charge is -2.13. The summed E-state index contributed by atoms with van der Waals surface area (Å²) in [4.78, 5) is 21.2. The summed E-state index contributed by atoms with van der Waals surface area (Å²) >= 11 is 5.80. The Morgan fingerprint density at radius 2 is 2.22 bits per heavy atom. The molecule has 0 saturated carbocycles. The van der Waals surface area contributed by atoms with Crippen molar-refractivity contribution in [3.63, 3.8) is 0 Å². The summed E-state index contributed by atoms with van der Waals surface area (Å²) in [6.45, 7) is 3.36. The van der Waals surface area contributed by atoms with Gasteiger partial charge in [-0.15, -0.1) is 0 Å². The molecule has 0 saturated heterocycles. The molecular weight excluding hydrogens is 262 g/mol. The number of esters is 1. The van der Waals surface area contributed by atoms with Gasteiger partial charge in [0.05, 0.1) is 17.6 Å². The number of halogens is 1. The predicted octanol–water partition coefficient (Wildman–Crippen LogP) is 2.01. The number of carbonyl (C=O) groups is 1. The summed E-state index contributed by atoms with van der Waals surface area (Å²) in [5, 5.41) is 20.3. The lowest BCUT2D eigenvalue weighted by atomic mass is 10.0. The van der Waals surface area contributed by atoms with Crippen LogP contribution in [0.15, 0.2) is 30.4 Å². The number of nitro groups is 1. The summed E-state index contributed by atoms with van der Waals surface area (Å²) in [7, 11) is 1.13. The van der Waals surface area contributed by atoms with E-state index in [2.05, 4.69) is 11.3 Å². The first-order valence-corrected chi connectivity index (χ1v) is 5.16. The van der Waals surface area contributed by atoms with Gasteiger partial charge in [0, 0.05) is 11.6 Å². The fourth-order valence-corrected chi connectivity index (χ4v) is 1.62. The number of aliphatic hydroxyl groups excluding tert-OH is 1. The summed E-state index contributed by atoms with van der Waals surface area (Å²) < 4.78 is 4.40. The molecule has 96 valence electrons. The lowest BCUT2D eigenvalue weighted by molar-refractivity contribution is -0.384. The van der Waals surface area contributed by atoms with Crippen LogP contribution in [-0.2, 0) is 9.53 Å². The molecule has 0 aliphatic heterocycles. The number of hydrogen-bond acceptors (Lipinski definition) is 5. The average Bonchev–Trinajstić information content (AvgIpc) is 2.36. The van der Waals surface area contributed by atoms with Gasteiger partial charge in [-0.25, -0.2) is 4.79 Å². The summed E-state index contributed by atoms with van der Waals surface area (Å²) in [5.74, 6) is -0.815. The SMILES string of the molecule is C=C(C(=O)OC)[C@H](O)c1cccc([N+](=O)[O-])c1Cl. The Bertz CT molecular complexity index is 514. The van der Waals surface area contributed by atoms with Crippen molar-refractivity contribution in [1.29, 1.82) is 0 Å². The normalized spacial score (nSPS) is 11.7. The van der Waals surface area contributed by atoms with Gasteiger partial charge in [-0.3, -0.25) is 10.1 Å².